The van der Waals surface area contributed by atoms with Crippen LogP contribution in [0.1, 0.15) is 49.5 Å². The number of hydrogen-bond donors (Lipinski definition) is 0. The van der Waals surface area contributed by atoms with E-state index in [-0.39, 0.29) is 0 Å². The average molecular weight is 308 g/mol. The first kappa shape index (κ1) is 15.0. The summed E-state index contributed by atoms with van der Waals surface area (Å²) in [5.41, 5.74) is 0. The molecule has 2 aliphatic rings. The van der Waals surface area contributed by atoms with E-state index in [0.717, 1.165) is 58.4 Å². The van der Waals surface area contributed by atoms with Crippen LogP contribution in [0.5, 0.6) is 0 Å². The molecule has 1 aromatic rings. The van der Waals surface area contributed by atoms with Gasteiger partial charge in [-0.1, -0.05) is 0 Å². The molecule has 0 unspecified atom stereocenters. The van der Waals surface area contributed by atoms with Crippen molar-refractivity contribution in [2.75, 3.05) is 26.3 Å². The van der Waals surface area contributed by atoms with E-state index in [1.54, 1.807) is 11.3 Å². The Labute approximate surface area is 130 Å². The van der Waals surface area contributed by atoms with Gasteiger partial charge in [0.05, 0.1) is 5.01 Å². The van der Waals surface area contributed by atoms with Crippen molar-refractivity contribution < 1.29 is 9.53 Å². The molecule has 0 bridgehead atoms. The summed E-state index contributed by atoms with van der Waals surface area (Å²) in [5.74, 6) is 1.60. The molecule has 0 atom stereocenters. The molecule has 0 saturated carbocycles. The fourth-order valence-corrected chi connectivity index (χ4v) is 4.14. The maximum Gasteiger partial charge on any atom is 0.222 e. The number of likely N-dealkylation sites (tertiary alicyclic amines) is 1. The first-order valence-corrected chi connectivity index (χ1v) is 8.96. The molecule has 0 spiro atoms. The zero-order valence-corrected chi connectivity index (χ0v) is 13.3. The van der Waals surface area contributed by atoms with Gasteiger partial charge in [-0.2, -0.15) is 0 Å². The lowest BCUT2D eigenvalue weighted by Crippen LogP contribution is -2.38. The van der Waals surface area contributed by atoms with E-state index in [9.17, 15) is 4.79 Å². The number of amides is 1. The van der Waals surface area contributed by atoms with Gasteiger partial charge in [0.1, 0.15) is 0 Å². The lowest BCUT2D eigenvalue weighted by atomic mass is 9.93. The van der Waals surface area contributed by atoms with Gasteiger partial charge in [0.25, 0.3) is 0 Å². The number of ether oxygens (including phenoxy) is 1. The highest BCUT2D eigenvalue weighted by molar-refractivity contribution is 7.09. The van der Waals surface area contributed by atoms with Gasteiger partial charge < -0.3 is 9.64 Å². The third-order valence-electron chi connectivity index (χ3n) is 4.76. The molecule has 1 aromatic heterocycles. The summed E-state index contributed by atoms with van der Waals surface area (Å²) >= 11 is 1.74. The number of aromatic nitrogens is 1. The Bertz CT molecular complexity index is 435. The van der Waals surface area contributed by atoms with Crippen LogP contribution >= 0.6 is 11.3 Å². The van der Waals surface area contributed by atoms with Crippen molar-refractivity contribution in [1.29, 1.82) is 0 Å². The van der Waals surface area contributed by atoms with Crippen molar-refractivity contribution >= 4 is 17.2 Å². The summed E-state index contributed by atoms with van der Waals surface area (Å²) < 4.78 is 5.37. The fraction of sp³-hybridized carbons (Fsp3) is 0.750. The predicted octanol–water partition coefficient (Wildman–Crippen LogP) is 3.06. The highest BCUT2D eigenvalue weighted by atomic mass is 32.1. The van der Waals surface area contributed by atoms with E-state index in [0.29, 0.717) is 24.2 Å². The van der Waals surface area contributed by atoms with Crippen LogP contribution in [-0.4, -0.2) is 42.1 Å². The smallest absolute Gasteiger partial charge is 0.222 e. The van der Waals surface area contributed by atoms with Crippen molar-refractivity contribution in [2.24, 2.45) is 5.92 Å². The molecule has 3 heterocycles. The van der Waals surface area contributed by atoms with Crippen LogP contribution in [0.4, 0.5) is 0 Å². The molecule has 2 fully saturated rings. The molecular weight excluding hydrogens is 284 g/mol. The number of carbonyl (C=O) groups is 1. The van der Waals surface area contributed by atoms with E-state index >= 15 is 0 Å². The maximum atomic E-state index is 12.3. The standard InChI is InChI=1S/C16H24N2O2S/c19-15(2-1-13-5-10-20-11-6-13)18-8-3-14(4-9-18)16-17-7-12-21-16/h7,12-14H,1-6,8-11H2. The lowest BCUT2D eigenvalue weighted by Gasteiger charge is -2.31. The maximum absolute atomic E-state index is 12.3. The molecule has 0 aromatic carbocycles. The monoisotopic (exact) mass is 308 g/mol. The van der Waals surface area contributed by atoms with Crippen molar-refractivity contribution in [3.05, 3.63) is 16.6 Å². The Morgan fingerprint density at radius 1 is 1.29 bits per heavy atom. The van der Waals surface area contributed by atoms with Gasteiger partial charge in [0.2, 0.25) is 5.91 Å². The second-order valence-electron chi connectivity index (χ2n) is 6.12. The van der Waals surface area contributed by atoms with Crippen molar-refractivity contribution in [2.45, 2.75) is 44.4 Å². The molecule has 116 valence electrons. The number of piperidine rings is 1. The second-order valence-corrected chi connectivity index (χ2v) is 7.05. The average Bonchev–Trinajstić information content (AvgIpc) is 3.08. The van der Waals surface area contributed by atoms with Crippen molar-refractivity contribution in [3.63, 3.8) is 0 Å². The van der Waals surface area contributed by atoms with E-state index in [1.165, 1.54) is 5.01 Å². The molecule has 0 N–H and O–H groups in total. The summed E-state index contributed by atoms with van der Waals surface area (Å²) in [5, 5.41) is 3.28. The summed E-state index contributed by atoms with van der Waals surface area (Å²) in [6.45, 7) is 3.55. The van der Waals surface area contributed by atoms with E-state index in [2.05, 4.69) is 9.88 Å². The minimum atomic E-state index is 0.346. The summed E-state index contributed by atoms with van der Waals surface area (Å²) in [6.07, 6.45) is 8.01. The van der Waals surface area contributed by atoms with Crippen LogP contribution in [0.2, 0.25) is 0 Å². The molecular formula is C16H24N2O2S. The third kappa shape index (κ3) is 4.04. The molecule has 2 saturated heterocycles. The topological polar surface area (TPSA) is 42.4 Å². The molecule has 0 aliphatic carbocycles. The van der Waals surface area contributed by atoms with Gasteiger partial charge in [-0.05, 0) is 38.0 Å². The van der Waals surface area contributed by atoms with Gasteiger partial charge in [-0.25, -0.2) is 4.98 Å². The Morgan fingerprint density at radius 3 is 2.71 bits per heavy atom. The SMILES string of the molecule is O=C(CCC1CCOCC1)N1CCC(c2nccs2)CC1. The zero-order chi connectivity index (χ0) is 14.5. The molecule has 3 rings (SSSR count). The fourth-order valence-electron chi connectivity index (χ4n) is 3.33. The van der Waals surface area contributed by atoms with Crippen LogP contribution in [0.3, 0.4) is 0 Å². The Kier molecular flexibility index (Phi) is 5.25. The third-order valence-corrected chi connectivity index (χ3v) is 5.69. The minimum absolute atomic E-state index is 0.346. The van der Waals surface area contributed by atoms with Crippen LogP contribution in [0, 0.1) is 5.92 Å². The largest absolute Gasteiger partial charge is 0.381 e. The van der Waals surface area contributed by atoms with Gasteiger partial charge >= 0.3 is 0 Å². The minimum Gasteiger partial charge on any atom is -0.381 e. The second kappa shape index (κ2) is 7.36. The number of nitrogens with zero attached hydrogens (tertiary/aromatic N) is 2. The van der Waals surface area contributed by atoms with Gasteiger partial charge in [0, 0.05) is 50.2 Å². The van der Waals surface area contributed by atoms with Gasteiger partial charge in [-0.15, -0.1) is 11.3 Å². The molecule has 5 heteroatoms. The Morgan fingerprint density at radius 2 is 2.05 bits per heavy atom. The van der Waals surface area contributed by atoms with E-state index in [1.807, 2.05) is 11.6 Å². The number of hydrogen-bond acceptors (Lipinski definition) is 4. The first-order valence-electron chi connectivity index (χ1n) is 8.08. The van der Waals surface area contributed by atoms with Crippen LogP contribution in [-0.2, 0) is 9.53 Å². The molecule has 4 nitrogen and oxygen atoms in total. The van der Waals surface area contributed by atoms with E-state index < -0.39 is 0 Å². The van der Waals surface area contributed by atoms with Crippen molar-refractivity contribution in [3.8, 4) is 0 Å². The zero-order valence-electron chi connectivity index (χ0n) is 12.5. The first-order chi connectivity index (χ1) is 10.3. The van der Waals surface area contributed by atoms with E-state index in [4.69, 9.17) is 4.74 Å². The van der Waals surface area contributed by atoms with Gasteiger partial charge in [0.15, 0.2) is 0 Å². The normalized spacial score (nSPS) is 21.6. The Balaban J connectivity index is 1.40. The quantitative estimate of drug-likeness (QED) is 0.858. The summed E-state index contributed by atoms with van der Waals surface area (Å²) in [4.78, 5) is 18.8. The van der Waals surface area contributed by atoms with Crippen LogP contribution in [0.25, 0.3) is 0 Å². The highest BCUT2D eigenvalue weighted by Crippen LogP contribution is 2.30. The Hall–Kier alpha value is -0.940. The van der Waals surface area contributed by atoms with Crippen molar-refractivity contribution in [1.82, 2.24) is 9.88 Å². The number of rotatable bonds is 4. The highest BCUT2D eigenvalue weighted by Gasteiger charge is 2.25. The molecule has 0 radical (unpaired) electrons. The number of carbonyl (C=O) groups excluding carboxylic acids is 1. The van der Waals surface area contributed by atoms with Crippen LogP contribution in [0.15, 0.2) is 11.6 Å². The number of thiazole rings is 1. The molecule has 2 aliphatic heterocycles. The lowest BCUT2D eigenvalue weighted by molar-refractivity contribution is -0.132. The summed E-state index contributed by atoms with van der Waals surface area (Å²) in [7, 11) is 0. The predicted molar refractivity (Wildman–Crippen MR) is 83.4 cm³/mol. The molecule has 21 heavy (non-hydrogen) atoms. The summed E-state index contributed by atoms with van der Waals surface area (Å²) in [6, 6.07) is 0. The molecule has 1 amide bonds. The van der Waals surface area contributed by atoms with Gasteiger partial charge in [-0.3, -0.25) is 4.79 Å². The van der Waals surface area contributed by atoms with Crippen LogP contribution < -0.4 is 0 Å².